The van der Waals surface area contributed by atoms with Crippen LogP contribution in [-0.2, 0) is 0 Å². The molecule has 5 heteroatoms. The molecule has 1 aliphatic heterocycles. The average molecular weight is 277 g/mol. The van der Waals surface area contributed by atoms with Crippen molar-refractivity contribution in [1.29, 1.82) is 0 Å². The number of aromatic amines is 1. The standard InChI is InChI=1S/C15H23N3O2/c1-8-13(11(4)19)10(3)17-14(8)15(20)18-12-6-5-7-16-9(12)2/h9,12,16-17H,5-7H2,1-4H3,(H,18,20). The number of rotatable bonds is 3. The Morgan fingerprint density at radius 2 is 2.00 bits per heavy atom. The summed E-state index contributed by atoms with van der Waals surface area (Å²) in [6.45, 7) is 8.25. The minimum atomic E-state index is -0.126. The minimum Gasteiger partial charge on any atom is -0.354 e. The topological polar surface area (TPSA) is 74.0 Å². The number of hydrogen-bond acceptors (Lipinski definition) is 3. The molecule has 2 rings (SSSR count). The van der Waals surface area contributed by atoms with Gasteiger partial charge in [0.25, 0.3) is 5.91 Å². The first-order chi connectivity index (χ1) is 9.41. The molecule has 1 saturated heterocycles. The highest BCUT2D eigenvalue weighted by Crippen LogP contribution is 2.19. The average Bonchev–Trinajstić information content (AvgIpc) is 2.67. The molecule has 0 radical (unpaired) electrons. The van der Waals surface area contributed by atoms with E-state index in [4.69, 9.17) is 0 Å². The third-order valence-corrected chi connectivity index (χ3v) is 4.09. The summed E-state index contributed by atoms with van der Waals surface area (Å²) in [4.78, 5) is 27.0. The van der Waals surface area contributed by atoms with Crippen LogP contribution in [0.3, 0.4) is 0 Å². The summed E-state index contributed by atoms with van der Waals surface area (Å²) in [6, 6.07) is 0.413. The maximum Gasteiger partial charge on any atom is 0.268 e. The zero-order valence-electron chi connectivity index (χ0n) is 12.6. The van der Waals surface area contributed by atoms with Crippen molar-refractivity contribution in [2.24, 2.45) is 0 Å². The van der Waals surface area contributed by atoms with Crippen LogP contribution in [0.25, 0.3) is 0 Å². The molecule has 0 aliphatic carbocycles. The van der Waals surface area contributed by atoms with Crippen molar-refractivity contribution >= 4 is 11.7 Å². The molecule has 0 bridgehead atoms. The summed E-state index contributed by atoms with van der Waals surface area (Å²) < 4.78 is 0. The molecule has 1 aliphatic rings. The molecule has 3 N–H and O–H groups in total. The Morgan fingerprint density at radius 3 is 2.55 bits per heavy atom. The second-order valence-electron chi connectivity index (χ2n) is 5.65. The van der Waals surface area contributed by atoms with E-state index in [-0.39, 0.29) is 23.8 Å². The lowest BCUT2D eigenvalue weighted by atomic mass is 9.99. The highest BCUT2D eigenvalue weighted by atomic mass is 16.2. The van der Waals surface area contributed by atoms with E-state index in [0.29, 0.717) is 11.3 Å². The maximum absolute atomic E-state index is 12.4. The Hall–Kier alpha value is -1.62. The molecule has 0 saturated carbocycles. The number of ketones is 1. The van der Waals surface area contributed by atoms with Crippen LogP contribution in [0.15, 0.2) is 0 Å². The van der Waals surface area contributed by atoms with Crippen LogP contribution in [0, 0.1) is 13.8 Å². The first-order valence-corrected chi connectivity index (χ1v) is 7.16. The zero-order valence-corrected chi connectivity index (χ0v) is 12.6. The summed E-state index contributed by atoms with van der Waals surface area (Å²) in [5.41, 5.74) is 2.63. The number of H-pyrrole nitrogens is 1. The fourth-order valence-electron chi connectivity index (χ4n) is 2.99. The molecule has 2 unspecified atom stereocenters. The first-order valence-electron chi connectivity index (χ1n) is 7.16. The predicted octanol–water partition coefficient (Wildman–Crippen LogP) is 1.70. The number of piperidine rings is 1. The van der Waals surface area contributed by atoms with Crippen LogP contribution in [0.2, 0.25) is 0 Å². The molecule has 0 spiro atoms. The van der Waals surface area contributed by atoms with Gasteiger partial charge in [-0.2, -0.15) is 0 Å². The van der Waals surface area contributed by atoms with E-state index < -0.39 is 0 Å². The number of carbonyl (C=O) groups excluding carboxylic acids is 2. The lowest BCUT2D eigenvalue weighted by Crippen LogP contribution is -2.52. The van der Waals surface area contributed by atoms with Gasteiger partial charge in [-0.15, -0.1) is 0 Å². The van der Waals surface area contributed by atoms with E-state index in [1.807, 2.05) is 13.8 Å². The number of hydrogen-bond donors (Lipinski definition) is 3. The Bertz CT molecular complexity index is 533. The van der Waals surface area contributed by atoms with E-state index in [0.717, 1.165) is 30.6 Å². The van der Waals surface area contributed by atoms with Crippen molar-refractivity contribution in [3.8, 4) is 0 Å². The molecule has 2 atom stereocenters. The quantitative estimate of drug-likeness (QED) is 0.736. The zero-order chi connectivity index (χ0) is 14.9. The molecule has 1 fully saturated rings. The number of aromatic nitrogens is 1. The van der Waals surface area contributed by atoms with Gasteiger partial charge in [-0.3, -0.25) is 9.59 Å². The van der Waals surface area contributed by atoms with Crippen molar-refractivity contribution in [2.75, 3.05) is 6.54 Å². The van der Waals surface area contributed by atoms with Crippen LogP contribution in [0.5, 0.6) is 0 Å². The Labute approximate surface area is 119 Å². The van der Waals surface area contributed by atoms with Crippen LogP contribution in [-0.4, -0.2) is 35.3 Å². The summed E-state index contributed by atoms with van der Waals surface area (Å²) in [6.07, 6.45) is 2.05. The summed E-state index contributed by atoms with van der Waals surface area (Å²) >= 11 is 0. The second-order valence-corrected chi connectivity index (χ2v) is 5.65. The molecule has 2 heterocycles. The number of nitrogens with one attached hydrogen (secondary N) is 3. The van der Waals surface area contributed by atoms with Crippen molar-refractivity contribution in [3.63, 3.8) is 0 Å². The van der Waals surface area contributed by atoms with Gasteiger partial charge in [0.15, 0.2) is 5.78 Å². The van der Waals surface area contributed by atoms with E-state index >= 15 is 0 Å². The molecule has 1 amide bonds. The highest BCUT2D eigenvalue weighted by molar-refractivity contribution is 6.02. The smallest absolute Gasteiger partial charge is 0.268 e. The fraction of sp³-hybridized carbons (Fsp3) is 0.600. The SMILES string of the molecule is CC(=O)c1c(C)[nH]c(C(=O)NC2CCCNC2C)c1C. The Morgan fingerprint density at radius 1 is 1.30 bits per heavy atom. The number of carbonyl (C=O) groups is 2. The number of amides is 1. The molecule has 20 heavy (non-hydrogen) atoms. The monoisotopic (exact) mass is 277 g/mol. The van der Waals surface area contributed by atoms with Gasteiger partial charge in [0, 0.05) is 23.3 Å². The highest BCUT2D eigenvalue weighted by Gasteiger charge is 2.25. The van der Waals surface area contributed by atoms with Gasteiger partial charge in [0.05, 0.1) is 0 Å². The van der Waals surface area contributed by atoms with Gasteiger partial charge >= 0.3 is 0 Å². The summed E-state index contributed by atoms with van der Waals surface area (Å²) in [7, 11) is 0. The third-order valence-electron chi connectivity index (χ3n) is 4.09. The van der Waals surface area contributed by atoms with Gasteiger partial charge in [0.1, 0.15) is 5.69 Å². The van der Waals surface area contributed by atoms with Crippen LogP contribution in [0.4, 0.5) is 0 Å². The van der Waals surface area contributed by atoms with Crippen molar-refractivity contribution in [1.82, 2.24) is 15.6 Å². The van der Waals surface area contributed by atoms with Crippen molar-refractivity contribution < 1.29 is 9.59 Å². The minimum absolute atomic E-state index is 0.0111. The molecular formula is C15H23N3O2. The van der Waals surface area contributed by atoms with Crippen molar-refractivity contribution in [3.05, 3.63) is 22.5 Å². The van der Waals surface area contributed by atoms with Crippen LogP contribution >= 0.6 is 0 Å². The first kappa shape index (κ1) is 14.8. The molecule has 110 valence electrons. The van der Waals surface area contributed by atoms with Gasteiger partial charge in [-0.05, 0) is 52.6 Å². The lowest BCUT2D eigenvalue weighted by Gasteiger charge is -2.30. The van der Waals surface area contributed by atoms with Gasteiger partial charge in [-0.25, -0.2) is 0 Å². The number of aryl methyl sites for hydroxylation is 1. The molecule has 5 nitrogen and oxygen atoms in total. The van der Waals surface area contributed by atoms with E-state index in [1.165, 1.54) is 6.92 Å². The summed E-state index contributed by atoms with van der Waals surface area (Å²) in [5.74, 6) is -0.137. The normalized spacial score (nSPS) is 22.6. The Balaban J connectivity index is 2.17. The molecule has 1 aromatic rings. The van der Waals surface area contributed by atoms with Gasteiger partial charge < -0.3 is 15.6 Å². The van der Waals surface area contributed by atoms with E-state index in [2.05, 4.69) is 22.5 Å². The van der Waals surface area contributed by atoms with Crippen LogP contribution in [0.1, 0.15) is 58.8 Å². The lowest BCUT2D eigenvalue weighted by molar-refractivity contribution is 0.0914. The van der Waals surface area contributed by atoms with Gasteiger partial charge in [0.2, 0.25) is 0 Å². The molecular weight excluding hydrogens is 254 g/mol. The Kier molecular flexibility index (Phi) is 4.28. The van der Waals surface area contributed by atoms with Crippen molar-refractivity contribution in [2.45, 2.75) is 52.6 Å². The molecule has 1 aromatic heterocycles. The third kappa shape index (κ3) is 2.77. The largest absolute Gasteiger partial charge is 0.354 e. The maximum atomic E-state index is 12.4. The number of Topliss-reactive ketones (excluding diaryl/α,β-unsaturated/α-hetero) is 1. The van der Waals surface area contributed by atoms with E-state index in [9.17, 15) is 9.59 Å². The predicted molar refractivity (Wildman–Crippen MR) is 78.2 cm³/mol. The molecule has 0 aromatic carbocycles. The summed E-state index contributed by atoms with van der Waals surface area (Å²) in [5, 5.41) is 6.42. The van der Waals surface area contributed by atoms with Crippen LogP contribution < -0.4 is 10.6 Å². The fourth-order valence-corrected chi connectivity index (χ4v) is 2.99. The second kappa shape index (κ2) is 5.79. The van der Waals surface area contributed by atoms with E-state index in [1.54, 1.807) is 0 Å². The van der Waals surface area contributed by atoms with Gasteiger partial charge in [-0.1, -0.05) is 0 Å².